The minimum atomic E-state index is 0.357. The molecule has 1 aromatic heterocycles. The Hall–Kier alpha value is -1.04. The van der Waals surface area contributed by atoms with E-state index in [2.05, 4.69) is 25.0 Å². The number of nitrogens with zero attached hydrogens (tertiary/aromatic N) is 3. The Kier molecular flexibility index (Phi) is 3.05. The summed E-state index contributed by atoms with van der Waals surface area (Å²) in [5.41, 5.74) is 0.357. The van der Waals surface area contributed by atoms with Crippen molar-refractivity contribution in [3.05, 3.63) is 12.2 Å². The van der Waals surface area contributed by atoms with Crippen molar-refractivity contribution in [2.45, 2.75) is 37.6 Å². The molecule has 1 aliphatic heterocycles. The van der Waals surface area contributed by atoms with Gasteiger partial charge in [0.05, 0.1) is 0 Å². The molecule has 3 rings (SSSR count). The minimum Gasteiger partial charge on any atom is -0.359 e. The summed E-state index contributed by atoms with van der Waals surface area (Å²) in [6.07, 6.45) is 7.40. The standard InChI is InChI=1S/C11H16N4OS/c1-2-5-11(4-1)7-17-10(14-11)12-6-3-9-13-8-16-15-9/h8H,1-7H2,(H,12,14). The summed E-state index contributed by atoms with van der Waals surface area (Å²) < 4.78 is 4.68. The number of aromatic nitrogens is 2. The van der Waals surface area contributed by atoms with Gasteiger partial charge in [-0.3, -0.25) is 4.99 Å². The Labute approximate surface area is 104 Å². The summed E-state index contributed by atoms with van der Waals surface area (Å²) in [7, 11) is 0. The van der Waals surface area contributed by atoms with Crippen LogP contribution in [-0.4, -0.2) is 33.1 Å². The molecule has 1 N–H and O–H groups in total. The molecule has 1 spiro atoms. The van der Waals surface area contributed by atoms with E-state index >= 15 is 0 Å². The van der Waals surface area contributed by atoms with Crippen LogP contribution < -0.4 is 5.32 Å². The predicted octanol–water partition coefficient (Wildman–Crippen LogP) is 1.62. The lowest BCUT2D eigenvalue weighted by atomic mass is 10.0. The van der Waals surface area contributed by atoms with Gasteiger partial charge in [-0.2, -0.15) is 4.98 Å². The number of hydrogen-bond donors (Lipinski definition) is 1. The van der Waals surface area contributed by atoms with Crippen molar-refractivity contribution < 1.29 is 4.52 Å². The smallest absolute Gasteiger partial charge is 0.213 e. The highest BCUT2D eigenvalue weighted by molar-refractivity contribution is 8.14. The van der Waals surface area contributed by atoms with E-state index in [1.54, 1.807) is 0 Å². The SMILES string of the molecule is c1nc(CCN=C2NC3(CCCC3)CS2)no1. The first kappa shape index (κ1) is 11.1. The molecule has 0 bridgehead atoms. The van der Waals surface area contributed by atoms with Gasteiger partial charge in [-0.1, -0.05) is 29.8 Å². The van der Waals surface area contributed by atoms with Gasteiger partial charge in [0.2, 0.25) is 6.39 Å². The molecular weight excluding hydrogens is 236 g/mol. The number of nitrogens with one attached hydrogen (secondary N) is 1. The number of rotatable bonds is 3. The average Bonchev–Trinajstić information content (AvgIpc) is 3.04. The normalized spacial score (nSPS) is 24.6. The summed E-state index contributed by atoms with van der Waals surface area (Å²) in [4.78, 5) is 8.54. The highest BCUT2D eigenvalue weighted by Crippen LogP contribution is 2.37. The zero-order chi connectivity index (χ0) is 11.6. The van der Waals surface area contributed by atoms with Gasteiger partial charge in [0.1, 0.15) is 0 Å². The monoisotopic (exact) mass is 252 g/mol. The molecule has 0 atom stereocenters. The Morgan fingerprint density at radius 1 is 1.47 bits per heavy atom. The third kappa shape index (κ3) is 2.46. The minimum absolute atomic E-state index is 0.357. The Morgan fingerprint density at radius 3 is 3.12 bits per heavy atom. The van der Waals surface area contributed by atoms with Crippen LogP contribution in [0.2, 0.25) is 0 Å². The van der Waals surface area contributed by atoms with Gasteiger partial charge >= 0.3 is 0 Å². The molecule has 6 heteroatoms. The van der Waals surface area contributed by atoms with Gasteiger partial charge in [0.15, 0.2) is 11.0 Å². The van der Waals surface area contributed by atoms with E-state index < -0.39 is 0 Å². The summed E-state index contributed by atoms with van der Waals surface area (Å²) >= 11 is 1.85. The fraction of sp³-hybridized carbons (Fsp3) is 0.727. The van der Waals surface area contributed by atoms with E-state index in [0.29, 0.717) is 5.54 Å². The largest absolute Gasteiger partial charge is 0.359 e. The molecule has 2 heterocycles. The van der Waals surface area contributed by atoms with Crippen molar-refractivity contribution in [3.8, 4) is 0 Å². The molecule has 2 fully saturated rings. The first-order valence-electron chi connectivity index (χ1n) is 6.07. The molecule has 1 aromatic rings. The predicted molar refractivity (Wildman–Crippen MR) is 67.1 cm³/mol. The van der Waals surface area contributed by atoms with Gasteiger partial charge in [0.25, 0.3) is 0 Å². The van der Waals surface area contributed by atoms with Gasteiger partial charge in [-0.05, 0) is 12.8 Å². The molecule has 1 saturated heterocycles. The van der Waals surface area contributed by atoms with Crippen molar-refractivity contribution in [2.75, 3.05) is 12.3 Å². The Bertz CT molecular complexity index is 398. The topological polar surface area (TPSA) is 63.3 Å². The maximum Gasteiger partial charge on any atom is 0.213 e. The third-order valence-corrected chi connectivity index (χ3v) is 4.62. The fourth-order valence-electron chi connectivity index (χ4n) is 2.47. The van der Waals surface area contributed by atoms with Crippen LogP contribution in [0, 0.1) is 0 Å². The van der Waals surface area contributed by atoms with Crippen LogP contribution in [-0.2, 0) is 6.42 Å². The van der Waals surface area contributed by atoms with Gasteiger partial charge in [0, 0.05) is 24.3 Å². The summed E-state index contributed by atoms with van der Waals surface area (Å²) in [6.45, 7) is 0.727. The molecule has 92 valence electrons. The van der Waals surface area contributed by atoms with E-state index in [1.165, 1.54) is 37.8 Å². The quantitative estimate of drug-likeness (QED) is 0.885. The van der Waals surface area contributed by atoms with Crippen molar-refractivity contribution in [3.63, 3.8) is 0 Å². The maximum atomic E-state index is 4.68. The van der Waals surface area contributed by atoms with Crippen LogP contribution in [0.15, 0.2) is 15.9 Å². The van der Waals surface area contributed by atoms with E-state index in [4.69, 9.17) is 0 Å². The van der Waals surface area contributed by atoms with Crippen molar-refractivity contribution in [1.82, 2.24) is 15.5 Å². The van der Waals surface area contributed by atoms with Gasteiger partial charge in [-0.25, -0.2) is 0 Å². The second-order valence-electron chi connectivity index (χ2n) is 4.69. The van der Waals surface area contributed by atoms with Crippen LogP contribution >= 0.6 is 11.8 Å². The van der Waals surface area contributed by atoms with Crippen molar-refractivity contribution in [1.29, 1.82) is 0 Å². The second kappa shape index (κ2) is 4.68. The second-order valence-corrected chi connectivity index (χ2v) is 5.65. The van der Waals surface area contributed by atoms with Crippen LogP contribution in [0.3, 0.4) is 0 Å². The van der Waals surface area contributed by atoms with E-state index in [9.17, 15) is 0 Å². The van der Waals surface area contributed by atoms with E-state index in [1.807, 2.05) is 11.8 Å². The molecule has 17 heavy (non-hydrogen) atoms. The van der Waals surface area contributed by atoms with Crippen LogP contribution in [0.25, 0.3) is 0 Å². The molecular formula is C11H16N4OS. The van der Waals surface area contributed by atoms with E-state index in [0.717, 1.165) is 24.0 Å². The molecule has 0 unspecified atom stereocenters. The van der Waals surface area contributed by atoms with Crippen molar-refractivity contribution >= 4 is 16.9 Å². The third-order valence-electron chi connectivity index (χ3n) is 3.42. The highest BCUT2D eigenvalue weighted by atomic mass is 32.2. The van der Waals surface area contributed by atoms with Crippen LogP contribution in [0.4, 0.5) is 0 Å². The van der Waals surface area contributed by atoms with Gasteiger partial charge < -0.3 is 9.84 Å². The number of hydrogen-bond acceptors (Lipinski definition) is 5. The first-order valence-corrected chi connectivity index (χ1v) is 7.06. The van der Waals surface area contributed by atoms with Crippen LogP contribution in [0.1, 0.15) is 31.5 Å². The molecule has 5 nitrogen and oxygen atoms in total. The molecule has 1 aliphatic carbocycles. The number of aliphatic imine (C=N–C) groups is 1. The lowest BCUT2D eigenvalue weighted by molar-refractivity contribution is 0.410. The lowest BCUT2D eigenvalue weighted by Crippen LogP contribution is -2.40. The molecule has 0 amide bonds. The number of thioether (sulfide) groups is 1. The maximum absolute atomic E-state index is 4.68. The zero-order valence-corrected chi connectivity index (χ0v) is 10.5. The zero-order valence-electron chi connectivity index (χ0n) is 9.69. The summed E-state index contributed by atoms with van der Waals surface area (Å²) in [6, 6.07) is 0. The average molecular weight is 252 g/mol. The van der Waals surface area contributed by atoms with Gasteiger partial charge in [-0.15, -0.1) is 0 Å². The Balaban J connectivity index is 1.52. The molecule has 1 saturated carbocycles. The van der Waals surface area contributed by atoms with Crippen LogP contribution in [0.5, 0.6) is 0 Å². The fourth-order valence-corrected chi connectivity index (χ4v) is 3.72. The molecule has 0 aromatic carbocycles. The summed E-state index contributed by atoms with van der Waals surface area (Å²) in [5.74, 6) is 1.90. The first-order chi connectivity index (χ1) is 8.36. The number of amidine groups is 1. The highest BCUT2D eigenvalue weighted by Gasteiger charge is 2.39. The molecule has 0 radical (unpaired) electrons. The van der Waals surface area contributed by atoms with E-state index in [-0.39, 0.29) is 0 Å². The van der Waals surface area contributed by atoms with Crippen molar-refractivity contribution in [2.24, 2.45) is 4.99 Å². The molecule has 2 aliphatic rings. The lowest BCUT2D eigenvalue weighted by Gasteiger charge is -2.21. The summed E-state index contributed by atoms with van der Waals surface area (Å²) in [5, 5.41) is 8.46. The Morgan fingerprint density at radius 2 is 2.35 bits per heavy atom.